The minimum Gasteiger partial charge on any atom is -0.455 e. The zero-order valence-corrected chi connectivity index (χ0v) is 55.6. The Morgan fingerprint density at radius 2 is 0.663 bits per heavy atom. The van der Waals surface area contributed by atoms with Gasteiger partial charge in [0.05, 0.1) is 22.3 Å². The van der Waals surface area contributed by atoms with Crippen LogP contribution >= 0.6 is 0 Å². The number of benzene rings is 8. The second-order valence-corrected chi connectivity index (χ2v) is 25.5. The van der Waals surface area contributed by atoms with Gasteiger partial charge in [0.2, 0.25) is 22.8 Å². The van der Waals surface area contributed by atoms with E-state index >= 15 is 0 Å². The number of pyridine rings is 4. The third kappa shape index (κ3) is 11.0. The van der Waals surface area contributed by atoms with Crippen molar-refractivity contribution in [2.45, 2.75) is 82.1 Å². The molecule has 0 saturated carbocycles. The van der Waals surface area contributed by atoms with Gasteiger partial charge < -0.3 is 17.7 Å². The van der Waals surface area contributed by atoms with Crippen molar-refractivity contribution in [1.82, 2.24) is 0 Å². The second kappa shape index (κ2) is 24.4. The minimum atomic E-state index is 0.500. The molecule has 0 aliphatic rings. The van der Waals surface area contributed by atoms with Crippen LogP contribution in [0, 0.1) is 62.3 Å². The van der Waals surface area contributed by atoms with Crippen molar-refractivity contribution in [1.29, 1.82) is 0 Å². The van der Waals surface area contributed by atoms with Crippen molar-refractivity contribution in [2.75, 3.05) is 0 Å². The molecule has 0 atom stereocenters. The van der Waals surface area contributed by atoms with E-state index < -0.39 is 0 Å². The van der Waals surface area contributed by atoms with Gasteiger partial charge in [-0.15, -0.1) is 0 Å². The lowest BCUT2D eigenvalue weighted by molar-refractivity contribution is -0.660. The van der Waals surface area contributed by atoms with E-state index in [1.165, 1.54) is 144 Å². The highest BCUT2D eigenvalue weighted by Crippen LogP contribution is 2.42. The van der Waals surface area contributed by atoms with E-state index in [-0.39, 0.29) is 0 Å². The normalized spacial score (nSPS) is 11.5. The summed E-state index contributed by atoms with van der Waals surface area (Å²) < 4.78 is 33.7. The summed E-state index contributed by atoms with van der Waals surface area (Å²) >= 11 is 0. The van der Waals surface area contributed by atoms with Gasteiger partial charge in [-0.2, -0.15) is 0 Å². The van der Waals surface area contributed by atoms with Crippen molar-refractivity contribution in [3.63, 3.8) is 0 Å². The second-order valence-electron chi connectivity index (χ2n) is 25.5. The largest absolute Gasteiger partial charge is 0.455 e. The maximum absolute atomic E-state index is 6.27. The van der Waals surface area contributed by atoms with E-state index in [9.17, 15) is 0 Å². The Morgan fingerprint density at radius 1 is 0.283 bits per heavy atom. The molecule has 8 aromatic heterocycles. The molecule has 8 heteroatoms. The first kappa shape index (κ1) is 60.5. The predicted molar refractivity (Wildman–Crippen MR) is 378 cm³/mol. The molecule has 0 fully saturated rings. The molecular weight excluding hydrogens is 1130 g/mol. The van der Waals surface area contributed by atoms with Crippen LogP contribution in [0.3, 0.4) is 0 Å². The number of hydrogen-bond donors (Lipinski definition) is 0. The number of furan rings is 4. The molecule has 0 aliphatic carbocycles. The minimum absolute atomic E-state index is 0.500. The van der Waals surface area contributed by atoms with Crippen LogP contribution in [0.2, 0.25) is 0 Å². The Hall–Kier alpha value is -10.4. The Labute approximate surface area is 538 Å². The highest BCUT2D eigenvalue weighted by molar-refractivity contribution is 6.13. The standard InChI is InChI=1S/C22H22NO.2C21H20NO.C20H18NO/c1-14(2)16-11-12-23(4)19(13-16)21-15(3)9-10-18-17-7-5-6-8-20(17)24-22(18)21;1-13-9-10-17-16-7-5-6-8-19(16)23-21(17)20(13)18-11-14(2)15(3)12-22(18)4;1-13-9-10-17(22(4)12-13)20-15(3)11-14(2)19-16-7-5-6-8-18(16)23-21(19)20;1-13-8-11-17(21(3)12-13)19-14(2)9-10-16-15-6-4-5-7-18(15)22-20(16)19/h5-14H,1-4H3;2*5-12H,1-4H3;4-12H,1-3H3/q4*+1. The van der Waals surface area contributed by atoms with E-state index in [2.05, 4.69) is 281 Å². The van der Waals surface area contributed by atoms with Crippen LogP contribution in [0.5, 0.6) is 0 Å². The Balaban J connectivity index is 0.000000112. The highest BCUT2D eigenvalue weighted by atomic mass is 16.3. The molecule has 8 aromatic carbocycles. The van der Waals surface area contributed by atoms with Crippen molar-refractivity contribution in [3.8, 4) is 45.0 Å². The molecule has 0 aliphatic heterocycles. The number of para-hydroxylation sites is 4. The van der Waals surface area contributed by atoms with Gasteiger partial charge in [-0.1, -0.05) is 129 Å². The molecule has 16 rings (SSSR count). The fraction of sp³-hybridized carbons (Fsp3) is 0.190. The summed E-state index contributed by atoms with van der Waals surface area (Å²) in [7, 11) is 8.38. The van der Waals surface area contributed by atoms with Crippen LogP contribution in [-0.4, -0.2) is 0 Å². The molecule has 0 radical (unpaired) electrons. The first-order valence-electron chi connectivity index (χ1n) is 31.9. The Kier molecular flexibility index (Phi) is 16.0. The first-order valence-corrected chi connectivity index (χ1v) is 31.9. The molecule has 8 nitrogen and oxygen atoms in total. The van der Waals surface area contributed by atoms with Crippen LogP contribution in [0.1, 0.15) is 75.4 Å². The third-order valence-corrected chi connectivity index (χ3v) is 18.5. The topological polar surface area (TPSA) is 68.1 Å². The van der Waals surface area contributed by atoms with Gasteiger partial charge >= 0.3 is 0 Å². The molecule has 456 valence electrons. The molecule has 8 heterocycles. The average Bonchev–Trinajstić information content (AvgIpc) is 1.59. The predicted octanol–water partition coefficient (Wildman–Crippen LogP) is 20.2. The summed E-state index contributed by atoms with van der Waals surface area (Å²) in [6.07, 6.45) is 8.64. The number of rotatable bonds is 5. The zero-order chi connectivity index (χ0) is 64.4. The van der Waals surface area contributed by atoms with Crippen molar-refractivity contribution < 1.29 is 35.9 Å². The van der Waals surface area contributed by atoms with Gasteiger partial charge in [-0.25, -0.2) is 18.3 Å². The summed E-state index contributed by atoms with van der Waals surface area (Å²) in [4.78, 5) is 0. The summed E-state index contributed by atoms with van der Waals surface area (Å²) in [6, 6.07) is 63.7. The number of hydrogen-bond acceptors (Lipinski definition) is 4. The highest BCUT2D eigenvalue weighted by Gasteiger charge is 2.26. The van der Waals surface area contributed by atoms with Crippen molar-refractivity contribution in [3.05, 3.63) is 262 Å². The van der Waals surface area contributed by atoms with Crippen molar-refractivity contribution >= 4 is 87.8 Å². The molecule has 0 saturated heterocycles. The monoisotopic (exact) mass is 1210 g/mol. The first-order chi connectivity index (χ1) is 44.3. The molecular formula is C84H80N4O4+4. The fourth-order valence-corrected chi connectivity index (χ4v) is 13.5. The summed E-state index contributed by atoms with van der Waals surface area (Å²) in [5.74, 6) is 0.500. The Morgan fingerprint density at radius 3 is 1.11 bits per heavy atom. The Bertz CT molecular complexity index is 5550. The summed E-state index contributed by atoms with van der Waals surface area (Å²) in [5.41, 5.74) is 29.8. The van der Waals surface area contributed by atoms with Crippen LogP contribution in [0.15, 0.2) is 224 Å². The maximum atomic E-state index is 6.27. The third-order valence-electron chi connectivity index (χ3n) is 18.5. The molecule has 0 bridgehead atoms. The van der Waals surface area contributed by atoms with Crippen molar-refractivity contribution in [2.24, 2.45) is 28.2 Å². The van der Waals surface area contributed by atoms with Crippen LogP contribution in [0.4, 0.5) is 0 Å². The fourth-order valence-electron chi connectivity index (χ4n) is 13.5. The zero-order valence-electron chi connectivity index (χ0n) is 55.6. The lowest BCUT2D eigenvalue weighted by atomic mass is 9.97. The van der Waals surface area contributed by atoms with E-state index in [4.69, 9.17) is 17.7 Å². The number of fused-ring (bicyclic) bond motifs is 12. The molecule has 0 unspecified atom stereocenters. The van der Waals surface area contributed by atoms with E-state index in [0.717, 1.165) is 44.7 Å². The van der Waals surface area contributed by atoms with Gasteiger partial charge in [-0.05, 0) is 144 Å². The number of aryl methyl sites for hydroxylation is 13. The van der Waals surface area contributed by atoms with Gasteiger partial charge in [0.25, 0.3) is 0 Å². The number of aromatic nitrogens is 4. The lowest BCUT2D eigenvalue weighted by Gasteiger charge is -2.09. The summed E-state index contributed by atoms with van der Waals surface area (Å²) in [6.45, 7) is 23.8. The van der Waals surface area contributed by atoms with Gasteiger partial charge in [0, 0.05) is 90.1 Å². The van der Waals surface area contributed by atoms with Crippen LogP contribution < -0.4 is 18.3 Å². The van der Waals surface area contributed by atoms with Gasteiger partial charge in [-0.3, -0.25) is 0 Å². The SMILES string of the molecule is Cc1cc(-c2c(C)ccc3c2oc2ccccc23)[n+](C)cc1C.Cc1ccc(-c2c(C)cc(C)c3c2oc2ccccc23)[n+](C)c1.Cc1ccc(-c2c(C)ccc3c2oc2ccccc23)[n+](C)c1.Cc1ccc2c(oc3ccccc32)c1-c1cc(C(C)C)cc[n+]1C. The van der Waals surface area contributed by atoms with Gasteiger partial charge in [0.15, 0.2) is 24.8 Å². The maximum Gasteiger partial charge on any atom is 0.216 e. The molecule has 0 N–H and O–H groups in total. The smallest absolute Gasteiger partial charge is 0.216 e. The van der Waals surface area contributed by atoms with E-state index in [1.54, 1.807) is 0 Å². The van der Waals surface area contributed by atoms with Crippen LogP contribution in [-0.2, 0) is 28.2 Å². The lowest BCUT2D eigenvalue weighted by Crippen LogP contribution is -2.31. The molecule has 0 amide bonds. The van der Waals surface area contributed by atoms with E-state index in [0.29, 0.717) is 5.92 Å². The molecule has 92 heavy (non-hydrogen) atoms. The molecule has 16 aromatic rings. The number of nitrogens with zero attached hydrogens (tertiary/aromatic N) is 4. The van der Waals surface area contributed by atoms with Gasteiger partial charge in [0.1, 0.15) is 72.9 Å². The molecule has 0 spiro atoms. The van der Waals surface area contributed by atoms with Crippen LogP contribution in [0.25, 0.3) is 133 Å². The summed E-state index contributed by atoms with van der Waals surface area (Å²) in [5, 5.41) is 9.48. The van der Waals surface area contributed by atoms with E-state index in [1.807, 2.05) is 48.5 Å². The quantitative estimate of drug-likeness (QED) is 0.161. The average molecular weight is 1210 g/mol.